The molecular formula is C36H50F2O3. The van der Waals surface area contributed by atoms with Crippen LogP contribution in [0.1, 0.15) is 126 Å². The molecule has 0 N–H and O–H groups in total. The van der Waals surface area contributed by atoms with Gasteiger partial charge in [-0.25, -0.2) is 9.18 Å². The van der Waals surface area contributed by atoms with E-state index in [1.54, 1.807) is 12.1 Å². The summed E-state index contributed by atoms with van der Waals surface area (Å²) in [5.74, 6) is -1.57. The van der Waals surface area contributed by atoms with Gasteiger partial charge in [-0.05, 0) is 86.6 Å². The van der Waals surface area contributed by atoms with Gasteiger partial charge in [-0.1, -0.05) is 95.9 Å². The van der Waals surface area contributed by atoms with Crippen LogP contribution in [0.2, 0.25) is 0 Å². The molecule has 1 fully saturated rings. The number of esters is 1. The number of ether oxygens (including phenoxy) is 2. The standard InChI is InChI=1S/C36H50F2O3/c1-3-5-7-8-9-13-27-40-33-26-25-32(34(37)35(33)38)36(39)41-31-23-21-30(22-24-31)16-12-11-15-29-19-17-28(18-20-29)14-10-6-4-2/h11,15,21-26,28-29H,3-10,12-14,16-20,27H2,1-2H3/b15-11+. The number of rotatable bonds is 18. The van der Waals surface area contributed by atoms with E-state index in [1.807, 2.05) is 12.1 Å². The fraction of sp³-hybridized carbons (Fsp3) is 0.583. The number of allylic oxidation sites excluding steroid dienone is 2. The van der Waals surface area contributed by atoms with Crippen molar-refractivity contribution in [2.75, 3.05) is 6.61 Å². The Morgan fingerprint density at radius 1 is 0.829 bits per heavy atom. The zero-order chi connectivity index (χ0) is 29.3. The predicted octanol–water partition coefficient (Wildman–Crippen LogP) is 10.8. The molecule has 2 aromatic carbocycles. The highest BCUT2D eigenvalue weighted by molar-refractivity contribution is 5.91. The number of carbonyl (C=O) groups excluding carboxylic acids is 1. The van der Waals surface area contributed by atoms with E-state index >= 15 is 0 Å². The molecule has 0 aliphatic heterocycles. The fourth-order valence-electron chi connectivity index (χ4n) is 5.64. The van der Waals surface area contributed by atoms with Crippen molar-refractivity contribution in [2.24, 2.45) is 11.8 Å². The van der Waals surface area contributed by atoms with Gasteiger partial charge in [0, 0.05) is 0 Å². The molecular weight excluding hydrogens is 518 g/mol. The van der Waals surface area contributed by atoms with Gasteiger partial charge in [0.15, 0.2) is 11.6 Å². The third-order valence-electron chi connectivity index (χ3n) is 8.27. The van der Waals surface area contributed by atoms with Crippen LogP contribution < -0.4 is 9.47 Å². The molecule has 0 amide bonds. The maximum Gasteiger partial charge on any atom is 0.346 e. The number of hydrogen-bond acceptors (Lipinski definition) is 3. The topological polar surface area (TPSA) is 35.5 Å². The van der Waals surface area contributed by atoms with Crippen LogP contribution in [0.4, 0.5) is 8.78 Å². The van der Waals surface area contributed by atoms with E-state index < -0.39 is 23.2 Å². The summed E-state index contributed by atoms with van der Waals surface area (Å²) in [7, 11) is 0. The number of carbonyl (C=O) groups is 1. The second-order valence-corrected chi connectivity index (χ2v) is 11.6. The van der Waals surface area contributed by atoms with Gasteiger partial charge in [0.1, 0.15) is 5.75 Å². The van der Waals surface area contributed by atoms with Crippen LogP contribution in [0.3, 0.4) is 0 Å². The Balaban J connectivity index is 1.38. The molecule has 0 saturated heterocycles. The molecule has 5 heteroatoms. The Morgan fingerprint density at radius 2 is 1.51 bits per heavy atom. The largest absolute Gasteiger partial charge is 0.490 e. The second kappa shape index (κ2) is 18.7. The molecule has 1 aliphatic carbocycles. The minimum absolute atomic E-state index is 0.180. The van der Waals surface area contributed by atoms with Gasteiger partial charge in [-0.15, -0.1) is 0 Å². The Hall–Kier alpha value is -2.69. The normalized spacial score (nSPS) is 17.2. The second-order valence-electron chi connectivity index (χ2n) is 11.6. The lowest BCUT2D eigenvalue weighted by Crippen LogP contribution is -2.13. The molecule has 0 spiro atoms. The smallest absolute Gasteiger partial charge is 0.346 e. The highest BCUT2D eigenvalue weighted by atomic mass is 19.2. The first kappa shape index (κ1) is 32.8. The molecule has 0 atom stereocenters. The average molecular weight is 569 g/mol. The molecule has 0 bridgehead atoms. The third-order valence-corrected chi connectivity index (χ3v) is 8.27. The molecule has 2 aromatic rings. The first-order valence-corrected chi connectivity index (χ1v) is 16.1. The third kappa shape index (κ3) is 11.6. The summed E-state index contributed by atoms with van der Waals surface area (Å²) in [6, 6.07) is 9.73. The van der Waals surface area contributed by atoms with Crippen molar-refractivity contribution in [2.45, 2.75) is 117 Å². The SMILES string of the molecule is CCCCCCCCOc1ccc(C(=O)Oc2ccc(CC/C=C/C3CCC(CCCCC)CC3)cc2)c(F)c1F. The van der Waals surface area contributed by atoms with Crippen molar-refractivity contribution in [3.05, 3.63) is 71.3 Å². The molecule has 0 aromatic heterocycles. The molecule has 1 aliphatic rings. The first-order valence-electron chi connectivity index (χ1n) is 16.1. The Bertz CT molecular complexity index is 1060. The summed E-state index contributed by atoms with van der Waals surface area (Å²) in [5, 5.41) is 0. The Kier molecular flexibility index (Phi) is 15.0. The van der Waals surface area contributed by atoms with Gasteiger partial charge in [-0.3, -0.25) is 0 Å². The minimum atomic E-state index is -1.25. The highest BCUT2D eigenvalue weighted by Crippen LogP contribution is 2.33. The molecule has 41 heavy (non-hydrogen) atoms. The molecule has 3 rings (SSSR count). The summed E-state index contributed by atoms with van der Waals surface area (Å²) < 4.78 is 39.9. The average Bonchev–Trinajstić information content (AvgIpc) is 2.98. The molecule has 226 valence electrons. The number of aryl methyl sites for hydroxylation is 1. The van der Waals surface area contributed by atoms with E-state index in [-0.39, 0.29) is 5.75 Å². The van der Waals surface area contributed by atoms with E-state index in [2.05, 4.69) is 26.0 Å². The van der Waals surface area contributed by atoms with Gasteiger partial charge >= 0.3 is 5.97 Å². The number of halogens is 2. The number of hydrogen-bond donors (Lipinski definition) is 0. The monoisotopic (exact) mass is 568 g/mol. The summed E-state index contributed by atoms with van der Waals surface area (Å²) in [6.45, 7) is 4.75. The Morgan fingerprint density at radius 3 is 2.24 bits per heavy atom. The first-order chi connectivity index (χ1) is 20.0. The van der Waals surface area contributed by atoms with Crippen molar-refractivity contribution in [1.29, 1.82) is 0 Å². The lowest BCUT2D eigenvalue weighted by molar-refractivity contribution is 0.0728. The van der Waals surface area contributed by atoms with Crippen LogP contribution in [-0.2, 0) is 6.42 Å². The lowest BCUT2D eigenvalue weighted by atomic mass is 9.79. The van der Waals surface area contributed by atoms with Crippen molar-refractivity contribution in [1.82, 2.24) is 0 Å². The van der Waals surface area contributed by atoms with E-state index in [0.29, 0.717) is 18.3 Å². The number of unbranched alkanes of at least 4 members (excludes halogenated alkanes) is 7. The minimum Gasteiger partial charge on any atom is -0.490 e. The molecule has 3 nitrogen and oxygen atoms in total. The maximum absolute atomic E-state index is 14.6. The van der Waals surface area contributed by atoms with Crippen LogP contribution in [0.25, 0.3) is 0 Å². The fourth-order valence-corrected chi connectivity index (χ4v) is 5.64. The predicted molar refractivity (Wildman–Crippen MR) is 164 cm³/mol. The van der Waals surface area contributed by atoms with Gasteiger partial charge in [0.05, 0.1) is 12.2 Å². The van der Waals surface area contributed by atoms with Gasteiger partial charge in [0.25, 0.3) is 0 Å². The van der Waals surface area contributed by atoms with Crippen LogP contribution >= 0.6 is 0 Å². The molecule has 0 radical (unpaired) electrons. The van der Waals surface area contributed by atoms with Crippen molar-refractivity contribution < 1.29 is 23.0 Å². The molecule has 1 saturated carbocycles. The summed E-state index contributed by atoms with van der Waals surface area (Å²) in [6.07, 6.45) is 23.8. The quantitative estimate of drug-likeness (QED) is 0.0776. The molecule has 0 unspecified atom stereocenters. The lowest BCUT2D eigenvalue weighted by Gasteiger charge is -2.26. The van der Waals surface area contributed by atoms with Crippen molar-refractivity contribution >= 4 is 5.97 Å². The van der Waals surface area contributed by atoms with Gasteiger partial charge < -0.3 is 9.47 Å². The Labute approximate surface area is 246 Å². The van der Waals surface area contributed by atoms with E-state index in [4.69, 9.17) is 9.47 Å². The zero-order valence-corrected chi connectivity index (χ0v) is 25.3. The van der Waals surface area contributed by atoms with E-state index in [0.717, 1.165) is 43.6 Å². The summed E-state index contributed by atoms with van der Waals surface area (Å²) in [4.78, 5) is 12.5. The van der Waals surface area contributed by atoms with E-state index in [9.17, 15) is 13.6 Å². The highest BCUT2D eigenvalue weighted by Gasteiger charge is 2.21. The van der Waals surface area contributed by atoms with Crippen LogP contribution in [0.5, 0.6) is 11.5 Å². The van der Waals surface area contributed by atoms with Crippen LogP contribution in [0, 0.1) is 23.5 Å². The molecule has 0 heterocycles. The van der Waals surface area contributed by atoms with Crippen LogP contribution in [-0.4, -0.2) is 12.6 Å². The van der Waals surface area contributed by atoms with Gasteiger partial charge in [0.2, 0.25) is 5.82 Å². The zero-order valence-electron chi connectivity index (χ0n) is 25.3. The number of benzene rings is 2. The van der Waals surface area contributed by atoms with Crippen molar-refractivity contribution in [3.8, 4) is 11.5 Å². The maximum atomic E-state index is 14.6. The summed E-state index contributed by atoms with van der Waals surface area (Å²) in [5.41, 5.74) is 0.691. The summed E-state index contributed by atoms with van der Waals surface area (Å²) >= 11 is 0. The van der Waals surface area contributed by atoms with Crippen LogP contribution in [0.15, 0.2) is 48.6 Å². The van der Waals surface area contributed by atoms with Gasteiger partial charge in [-0.2, -0.15) is 4.39 Å². The van der Waals surface area contributed by atoms with E-state index in [1.165, 1.54) is 82.8 Å². The van der Waals surface area contributed by atoms with Crippen molar-refractivity contribution in [3.63, 3.8) is 0 Å².